The van der Waals surface area contributed by atoms with Crippen LogP contribution in [-0.2, 0) is 0 Å². The molecule has 0 bridgehead atoms. The Hall–Kier alpha value is -0.380. The Morgan fingerprint density at radius 2 is 2.21 bits per heavy atom. The van der Waals surface area contributed by atoms with Crippen molar-refractivity contribution in [3.8, 4) is 5.06 Å². The van der Waals surface area contributed by atoms with Crippen LogP contribution in [0.5, 0.6) is 5.06 Å². The number of methoxy groups -OCH3 is 1. The Kier molecular flexibility index (Phi) is 2.91. The molecular formula is C10H9ClOS2. The second-order valence-electron chi connectivity index (χ2n) is 2.76. The summed E-state index contributed by atoms with van der Waals surface area (Å²) >= 11 is 9.41. The summed E-state index contributed by atoms with van der Waals surface area (Å²) in [5, 5.41) is 2.93. The lowest BCUT2D eigenvalue weighted by Gasteiger charge is -2.00. The van der Waals surface area contributed by atoms with E-state index in [1.54, 1.807) is 30.2 Å². The van der Waals surface area contributed by atoms with Crippen LogP contribution in [0.4, 0.5) is 0 Å². The van der Waals surface area contributed by atoms with Crippen molar-refractivity contribution in [3.63, 3.8) is 0 Å². The number of fused-ring (bicyclic) bond motifs is 1. The van der Waals surface area contributed by atoms with Gasteiger partial charge in [-0.15, -0.1) is 11.8 Å². The molecule has 0 fully saturated rings. The van der Waals surface area contributed by atoms with Crippen LogP contribution in [0, 0.1) is 0 Å². The van der Waals surface area contributed by atoms with Crippen molar-refractivity contribution in [2.45, 2.75) is 4.90 Å². The number of rotatable bonds is 2. The number of benzene rings is 1. The highest BCUT2D eigenvalue weighted by atomic mass is 35.5. The lowest BCUT2D eigenvalue weighted by atomic mass is 10.3. The van der Waals surface area contributed by atoms with Crippen molar-refractivity contribution >= 4 is 44.8 Å². The second-order valence-corrected chi connectivity index (χ2v) is 5.03. The van der Waals surface area contributed by atoms with Crippen LogP contribution >= 0.6 is 34.7 Å². The summed E-state index contributed by atoms with van der Waals surface area (Å²) in [5.74, 6) is 0. The minimum Gasteiger partial charge on any atom is -0.487 e. The molecule has 0 unspecified atom stereocenters. The number of hydrogen-bond acceptors (Lipinski definition) is 3. The van der Waals surface area contributed by atoms with Gasteiger partial charge in [0.1, 0.15) is 0 Å². The third kappa shape index (κ3) is 1.60. The zero-order valence-electron chi connectivity index (χ0n) is 7.83. The molecule has 0 atom stereocenters. The molecule has 0 saturated heterocycles. The van der Waals surface area contributed by atoms with Crippen LogP contribution in [0.25, 0.3) is 10.1 Å². The van der Waals surface area contributed by atoms with Gasteiger partial charge in [0.2, 0.25) is 0 Å². The van der Waals surface area contributed by atoms with Crippen LogP contribution in [0.3, 0.4) is 0 Å². The van der Waals surface area contributed by atoms with Gasteiger partial charge in [0.15, 0.2) is 5.06 Å². The maximum atomic E-state index is 6.10. The summed E-state index contributed by atoms with van der Waals surface area (Å²) in [6.45, 7) is 0. The average Bonchev–Trinajstić information content (AvgIpc) is 2.60. The molecule has 0 aliphatic carbocycles. The summed E-state index contributed by atoms with van der Waals surface area (Å²) < 4.78 is 6.42. The van der Waals surface area contributed by atoms with Gasteiger partial charge in [0.25, 0.3) is 0 Å². The molecule has 74 valence electrons. The molecule has 2 aromatic rings. The van der Waals surface area contributed by atoms with E-state index in [0.29, 0.717) is 0 Å². The molecule has 2 rings (SSSR count). The quantitative estimate of drug-likeness (QED) is 0.729. The van der Waals surface area contributed by atoms with E-state index in [0.717, 1.165) is 15.0 Å². The minimum atomic E-state index is 0.811. The summed E-state index contributed by atoms with van der Waals surface area (Å²) in [6, 6.07) is 6.01. The number of thiophene rings is 1. The van der Waals surface area contributed by atoms with Crippen LogP contribution < -0.4 is 4.74 Å². The number of halogens is 1. The standard InChI is InChI=1S/C10H9ClOS2/c1-12-9-5-6-8(14-9)4-3-7(11)10(6)13-2/h3-5H,1-2H3. The molecular weight excluding hydrogens is 236 g/mol. The SMILES string of the molecule is COc1cc2c(SC)c(Cl)ccc2s1. The van der Waals surface area contributed by atoms with Crippen LogP contribution in [-0.4, -0.2) is 13.4 Å². The molecule has 0 aliphatic heterocycles. The molecule has 4 heteroatoms. The highest BCUT2D eigenvalue weighted by Gasteiger charge is 2.08. The summed E-state index contributed by atoms with van der Waals surface area (Å²) in [4.78, 5) is 1.13. The van der Waals surface area contributed by atoms with E-state index in [-0.39, 0.29) is 0 Å². The predicted molar refractivity (Wildman–Crippen MR) is 65.2 cm³/mol. The monoisotopic (exact) mass is 244 g/mol. The Morgan fingerprint density at radius 1 is 1.43 bits per heavy atom. The van der Waals surface area contributed by atoms with Crippen molar-refractivity contribution in [2.75, 3.05) is 13.4 Å². The number of ether oxygens (including phenoxy) is 1. The first-order valence-electron chi connectivity index (χ1n) is 4.06. The Bertz CT molecular complexity index is 464. The molecule has 0 radical (unpaired) electrons. The van der Waals surface area contributed by atoms with E-state index in [4.69, 9.17) is 16.3 Å². The molecule has 0 spiro atoms. The van der Waals surface area contributed by atoms with Gasteiger partial charge in [-0.2, -0.15) is 0 Å². The lowest BCUT2D eigenvalue weighted by molar-refractivity contribution is 0.427. The van der Waals surface area contributed by atoms with Crippen LogP contribution in [0.15, 0.2) is 23.1 Å². The van der Waals surface area contributed by atoms with Gasteiger partial charge < -0.3 is 4.74 Å². The molecule has 1 nitrogen and oxygen atoms in total. The summed E-state index contributed by atoms with van der Waals surface area (Å²) in [7, 11) is 1.69. The normalized spacial score (nSPS) is 10.8. The number of thioether (sulfide) groups is 1. The maximum Gasteiger partial charge on any atom is 0.174 e. The van der Waals surface area contributed by atoms with Gasteiger partial charge in [-0.05, 0) is 18.4 Å². The molecule has 0 aliphatic rings. The fraction of sp³-hybridized carbons (Fsp3) is 0.200. The Labute approximate surface area is 96.0 Å². The van der Waals surface area contributed by atoms with Gasteiger partial charge in [-0.3, -0.25) is 0 Å². The first-order chi connectivity index (χ1) is 6.76. The van der Waals surface area contributed by atoms with Crippen molar-refractivity contribution in [3.05, 3.63) is 23.2 Å². The van der Waals surface area contributed by atoms with E-state index in [2.05, 4.69) is 0 Å². The topological polar surface area (TPSA) is 9.23 Å². The largest absolute Gasteiger partial charge is 0.487 e. The highest BCUT2D eigenvalue weighted by Crippen LogP contribution is 2.40. The molecule has 0 saturated carbocycles. The molecule has 1 heterocycles. The van der Waals surface area contributed by atoms with Crippen molar-refractivity contribution < 1.29 is 4.74 Å². The van der Waals surface area contributed by atoms with Gasteiger partial charge in [0.05, 0.1) is 12.1 Å². The van der Waals surface area contributed by atoms with Crippen molar-refractivity contribution in [1.82, 2.24) is 0 Å². The summed E-state index contributed by atoms with van der Waals surface area (Å²) in [6.07, 6.45) is 2.03. The zero-order chi connectivity index (χ0) is 10.1. The Morgan fingerprint density at radius 3 is 2.86 bits per heavy atom. The molecule has 14 heavy (non-hydrogen) atoms. The molecule has 1 aromatic heterocycles. The lowest BCUT2D eigenvalue weighted by Crippen LogP contribution is -1.75. The van der Waals surface area contributed by atoms with Gasteiger partial charge in [-0.25, -0.2) is 0 Å². The molecule has 0 N–H and O–H groups in total. The van der Waals surface area contributed by atoms with Crippen LogP contribution in [0.2, 0.25) is 5.02 Å². The fourth-order valence-corrected chi connectivity index (χ4v) is 3.34. The first kappa shape index (κ1) is 10.1. The Balaban J connectivity index is 2.73. The van der Waals surface area contributed by atoms with E-state index in [1.807, 2.05) is 24.5 Å². The zero-order valence-corrected chi connectivity index (χ0v) is 10.2. The summed E-state index contributed by atoms with van der Waals surface area (Å²) in [5.41, 5.74) is 0. The van der Waals surface area contributed by atoms with Gasteiger partial charge in [-0.1, -0.05) is 22.9 Å². The predicted octanol–water partition coefficient (Wildman–Crippen LogP) is 4.29. The molecule has 0 amide bonds. The molecule has 1 aromatic carbocycles. The van der Waals surface area contributed by atoms with Crippen molar-refractivity contribution in [1.29, 1.82) is 0 Å². The third-order valence-corrected chi connectivity index (χ3v) is 4.32. The van der Waals surface area contributed by atoms with Gasteiger partial charge in [0, 0.05) is 21.0 Å². The van der Waals surface area contributed by atoms with E-state index < -0.39 is 0 Å². The van der Waals surface area contributed by atoms with E-state index >= 15 is 0 Å². The first-order valence-corrected chi connectivity index (χ1v) is 6.48. The van der Waals surface area contributed by atoms with E-state index in [9.17, 15) is 0 Å². The smallest absolute Gasteiger partial charge is 0.174 e. The van der Waals surface area contributed by atoms with Crippen LogP contribution in [0.1, 0.15) is 0 Å². The van der Waals surface area contributed by atoms with Gasteiger partial charge >= 0.3 is 0 Å². The average molecular weight is 245 g/mol. The number of hydrogen-bond donors (Lipinski definition) is 0. The second kappa shape index (κ2) is 4.01. The van der Waals surface area contributed by atoms with E-state index in [1.165, 1.54) is 10.1 Å². The minimum absolute atomic E-state index is 0.811. The third-order valence-electron chi connectivity index (χ3n) is 1.99. The maximum absolute atomic E-state index is 6.10. The fourth-order valence-electron chi connectivity index (χ4n) is 1.34. The highest BCUT2D eigenvalue weighted by molar-refractivity contribution is 7.99. The van der Waals surface area contributed by atoms with Crippen molar-refractivity contribution in [2.24, 2.45) is 0 Å².